The molecule has 0 spiro atoms. The largest absolute Gasteiger partial charge is 0.493 e. The summed E-state index contributed by atoms with van der Waals surface area (Å²) >= 11 is 6.31. The van der Waals surface area contributed by atoms with Crippen molar-refractivity contribution in [1.82, 2.24) is 10.2 Å². The van der Waals surface area contributed by atoms with E-state index in [0.717, 1.165) is 12.0 Å². The molecule has 1 saturated heterocycles. The Bertz CT molecular complexity index is 873. The summed E-state index contributed by atoms with van der Waals surface area (Å²) in [5, 5.41) is 3.35. The van der Waals surface area contributed by atoms with Crippen LogP contribution in [0.5, 0.6) is 11.5 Å². The van der Waals surface area contributed by atoms with Crippen LogP contribution in [0.4, 0.5) is 0 Å². The van der Waals surface area contributed by atoms with Crippen LogP contribution in [0.2, 0.25) is 5.02 Å². The maximum Gasteiger partial charge on any atom is 0.252 e. The van der Waals surface area contributed by atoms with Gasteiger partial charge in [0.2, 0.25) is 5.91 Å². The molecule has 2 aromatic rings. The van der Waals surface area contributed by atoms with Crippen LogP contribution in [-0.4, -0.2) is 43.5 Å². The van der Waals surface area contributed by atoms with Crippen LogP contribution in [0, 0.1) is 0 Å². The molecule has 1 heterocycles. The SMILES string of the molecule is CCOc1c(Cl)cc(C(=O)N[C@H](CN2CCCC2=O)c2ccccc2)cc1OC. The van der Waals surface area contributed by atoms with E-state index in [-0.39, 0.29) is 17.9 Å². The molecule has 0 aliphatic carbocycles. The summed E-state index contributed by atoms with van der Waals surface area (Å²) in [4.78, 5) is 26.9. The maximum atomic E-state index is 13.0. The lowest BCUT2D eigenvalue weighted by Crippen LogP contribution is -2.38. The number of hydrogen-bond donors (Lipinski definition) is 1. The Labute approximate surface area is 175 Å². The molecule has 1 N–H and O–H groups in total. The molecule has 3 rings (SSSR count). The maximum absolute atomic E-state index is 13.0. The molecular weight excluding hydrogens is 392 g/mol. The average molecular weight is 417 g/mol. The highest BCUT2D eigenvalue weighted by Crippen LogP contribution is 2.36. The number of benzene rings is 2. The predicted octanol–water partition coefficient (Wildman–Crippen LogP) is 3.84. The molecule has 2 amide bonds. The minimum absolute atomic E-state index is 0.117. The fourth-order valence-electron chi connectivity index (χ4n) is 3.41. The highest BCUT2D eigenvalue weighted by Gasteiger charge is 2.26. The molecule has 154 valence electrons. The standard InChI is InChI=1S/C22H25ClN2O4/c1-3-29-21-17(23)12-16(13-19(21)28-2)22(27)24-18(15-8-5-4-6-9-15)14-25-11-7-10-20(25)26/h4-6,8-9,12-13,18H,3,7,10-11,14H2,1-2H3,(H,24,27)/t18-/m1/s1. The summed E-state index contributed by atoms with van der Waals surface area (Å²) in [6, 6.07) is 12.5. The number of amides is 2. The van der Waals surface area contributed by atoms with E-state index in [4.69, 9.17) is 21.1 Å². The zero-order valence-corrected chi connectivity index (χ0v) is 17.4. The topological polar surface area (TPSA) is 67.9 Å². The van der Waals surface area contributed by atoms with Crippen LogP contribution >= 0.6 is 11.6 Å². The van der Waals surface area contributed by atoms with Gasteiger partial charge in [0, 0.05) is 25.1 Å². The van der Waals surface area contributed by atoms with Crippen molar-refractivity contribution in [3.8, 4) is 11.5 Å². The molecule has 29 heavy (non-hydrogen) atoms. The third kappa shape index (κ3) is 5.01. The highest BCUT2D eigenvalue weighted by atomic mass is 35.5. The Kier molecular flexibility index (Phi) is 6.99. The summed E-state index contributed by atoms with van der Waals surface area (Å²) in [6.45, 7) is 3.42. The molecule has 1 aliphatic heterocycles. The van der Waals surface area contributed by atoms with Gasteiger partial charge < -0.3 is 19.7 Å². The van der Waals surface area contributed by atoms with E-state index in [1.165, 1.54) is 7.11 Å². The quantitative estimate of drug-likeness (QED) is 0.709. The molecule has 7 heteroatoms. The molecule has 0 saturated carbocycles. The number of ether oxygens (including phenoxy) is 2. The van der Waals surface area contributed by atoms with Crippen LogP contribution in [0.3, 0.4) is 0 Å². The smallest absolute Gasteiger partial charge is 0.252 e. The van der Waals surface area contributed by atoms with Gasteiger partial charge in [0.1, 0.15) is 0 Å². The van der Waals surface area contributed by atoms with E-state index in [9.17, 15) is 9.59 Å². The Morgan fingerprint density at radius 3 is 2.66 bits per heavy atom. The molecule has 0 radical (unpaired) electrons. The second-order valence-electron chi connectivity index (χ2n) is 6.80. The number of hydrogen-bond acceptors (Lipinski definition) is 4. The molecule has 1 fully saturated rings. The number of rotatable bonds is 8. The van der Waals surface area contributed by atoms with Crippen LogP contribution in [0.25, 0.3) is 0 Å². The fourth-order valence-corrected chi connectivity index (χ4v) is 3.68. The van der Waals surface area contributed by atoms with Crippen molar-refractivity contribution in [2.24, 2.45) is 0 Å². The van der Waals surface area contributed by atoms with Crippen molar-refractivity contribution in [3.63, 3.8) is 0 Å². The molecule has 0 unspecified atom stereocenters. The monoisotopic (exact) mass is 416 g/mol. The number of carbonyl (C=O) groups is 2. The lowest BCUT2D eigenvalue weighted by molar-refractivity contribution is -0.128. The number of carbonyl (C=O) groups excluding carboxylic acids is 2. The lowest BCUT2D eigenvalue weighted by atomic mass is 10.1. The van der Waals surface area contributed by atoms with Crippen LogP contribution < -0.4 is 14.8 Å². The summed E-state index contributed by atoms with van der Waals surface area (Å²) in [7, 11) is 1.50. The van der Waals surface area contributed by atoms with Crippen molar-refractivity contribution in [2.75, 3.05) is 26.8 Å². The molecular formula is C22H25ClN2O4. The van der Waals surface area contributed by atoms with Gasteiger partial charge in [0.15, 0.2) is 11.5 Å². The van der Waals surface area contributed by atoms with Gasteiger partial charge in [-0.1, -0.05) is 41.9 Å². The number of likely N-dealkylation sites (tertiary alicyclic amines) is 1. The van der Waals surface area contributed by atoms with E-state index in [2.05, 4.69) is 5.32 Å². The number of nitrogens with zero attached hydrogens (tertiary/aromatic N) is 1. The van der Waals surface area contributed by atoms with E-state index >= 15 is 0 Å². The highest BCUT2D eigenvalue weighted by molar-refractivity contribution is 6.32. The zero-order valence-electron chi connectivity index (χ0n) is 16.6. The minimum Gasteiger partial charge on any atom is -0.493 e. The Hall–Kier alpha value is -2.73. The van der Waals surface area contributed by atoms with Crippen molar-refractivity contribution in [3.05, 3.63) is 58.6 Å². The number of methoxy groups -OCH3 is 1. The molecule has 2 aromatic carbocycles. The van der Waals surface area contributed by atoms with E-state index in [1.807, 2.05) is 37.3 Å². The second kappa shape index (κ2) is 9.65. The van der Waals surface area contributed by atoms with Gasteiger partial charge in [-0.25, -0.2) is 0 Å². The van der Waals surface area contributed by atoms with Gasteiger partial charge in [0.05, 0.1) is 24.8 Å². The molecule has 0 aromatic heterocycles. The van der Waals surface area contributed by atoms with Crippen molar-refractivity contribution in [1.29, 1.82) is 0 Å². The molecule has 1 aliphatic rings. The summed E-state index contributed by atoms with van der Waals surface area (Å²) < 4.78 is 10.9. The minimum atomic E-state index is -0.331. The first-order valence-corrected chi connectivity index (χ1v) is 10.0. The third-order valence-corrected chi connectivity index (χ3v) is 5.14. The van der Waals surface area contributed by atoms with Gasteiger partial charge in [-0.2, -0.15) is 0 Å². The van der Waals surface area contributed by atoms with E-state index in [0.29, 0.717) is 48.2 Å². The molecule has 0 bridgehead atoms. The second-order valence-corrected chi connectivity index (χ2v) is 7.21. The van der Waals surface area contributed by atoms with Crippen LogP contribution in [-0.2, 0) is 4.79 Å². The first-order chi connectivity index (χ1) is 14.0. The Morgan fingerprint density at radius 2 is 2.03 bits per heavy atom. The average Bonchev–Trinajstić information content (AvgIpc) is 3.14. The van der Waals surface area contributed by atoms with Gasteiger partial charge in [-0.05, 0) is 31.0 Å². The predicted molar refractivity (Wildman–Crippen MR) is 112 cm³/mol. The third-order valence-electron chi connectivity index (χ3n) is 4.86. The van der Waals surface area contributed by atoms with Gasteiger partial charge >= 0.3 is 0 Å². The first-order valence-electron chi connectivity index (χ1n) is 9.67. The van der Waals surface area contributed by atoms with Crippen LogP contribution in [0.15, 0.2) is 42.5 Å². The Balaban J connectivity index is 1.84. The molecule has 6 nitrogen and oxygen atoms in total. The van der Waals surface area contributed by atoms with Crippen molar-refractivity contribution >= 4 is 23.4 Å². The van der Waals surface area contributed by atoms with E-state index < -0.39 is 0 Å². The fraction of sp³-hybridized carbons (Fsp3) is 0.364. The molecule has 1 atom stereocenters. The first kappa shape index (κ1) is 21.0. The normalized spacial score (nSPS) is 14.6. The Morgan fingerprint density at radius 1 is 1.28 bits per heavy atom. The van der Waals surface area contributed by atoms with Gasteiger partial charge in [-0.15, -0.1) is 0 Å². The van der Waals surface area contributed by atoms with Gasteiger partial charge in [-0.3, -0.25) is 9.59 Å². The van der Waals surface area contributed by atoms with E-state index in [1.54, 1.807) is 17.0 Å². The number of nitrogens with one attached hydrogen (secondary N) is 1. The van der Waals surface area contributed by atoms with Crippen LogP contribution in [0.1, 0.15) is 41.7 Å². The summed E-state index contributed by atoms with van der Waals surface area (Å²) in [5.74, 6) is 0.630. The number of halogens is 1. The van der Waals surface area contributed by atoms with Crippen molar-refractivity contribution < 1.29 is 19.1 Å². The lowest BCUT2D eigenvalue weighted by Gasteiger charge is -2.25. The summed E-state index contributed by atoms with van der Waals surface area (Å²) in [6.07, 6.45) is 1.40. The zero-order chi connectivity index (χ0) is 20.8. The van der Waals surface area contributed by atoms with Crippen molar-refractivity contribution in [2.45, 2.75) is 25.8 Å². The summed E-state index contributed by atoms with van der Waals surface area (Å²) in [5.41, 5.74) is 1.30. The van der Waals surface area contributed by atoms with Gasteiger partial charge in [0.25, 0.3) is 5.91 Å².